The molecular formula is C17H33N3O4. The average Bonchev–Trinajstić information content (AvgIpc) is 2.47. The second kappa shape index (κ2) is 8.47. The zero-order valence-corrected chi connectivity index (χ0v) is 15.3. The first-order valence-corrected chi connectivity index (χ1v) is 9.01. The predicted octanol–water partition coefficient (Wildman–Crippen LogP) is 0.922. The van der Waals surface area contributed by atoms with Gasteiger partial charge in [-0.2, -0.15) is 0 Å². The molecule has 2 fully saturated rings. The fraction of sp³-hybridized carbons (Fsp3) is 0.941. The second-order valence-electron chi connectivity index (χ2n) is 7.93. The van der Waals surface area contributed by atoms with Crippen LogP contribution in [0.25, 0.3) is 0 Å². The normalized spacial score (nSPS) is 25.7. The molecule has 0 aromatic heterocycles. The minimum absolute atomic E-state index is 0.231. The lowest BCUT2D eigenvalue weighted by Crippen LogP contribution is -2.59. The minimum atomic E-state index is -0.846. The quantitative estimate of drug-likeness (QED) is 0.716. The molecule has 2 heterocycles. The fourth-order valence-corrected chi connectivity index (χ4v) is 3.69. The van der Waals surface area contributed by atoms with Crippen LogP contribution in [-0.4, -0.2) is 101 Å². The van der Waals surface area contributed by atoms with Gasteiger partial charge in [-0.3, -0.25) is 9.80 Å². The van der Waals surface area contributed by atoms with E-state index in [1.807, 2.05) is 20.8 Å². The molecular weight excluding hydrogens is 310 g/mol. The summed E-state index contributed by atoms with van der Waals surface area (Å²) in [5.74, 6) is 0. The van der Waals surface area contributed by atoms with Crippen LogP contribution in [0.1, 0.15) is 33.6 Å². The van der Waals surface area contributed by atoms with E-state index in [1.165, 1.54) is 4.90 Å². The molecule has 2 unspecified atom stereocenters. The lowest BCUT2D eigenvalue weighted by atomic mass is 10.1. The van der Waals surface area contributed by atoms with E-state index in [1.54, 1.807) is 0 Å². The van der Waals surface area contributed by atoms with Gasteiger partial charge in [-0.05, 0) is 33.6 Å². The third kappa shape index (κ3) is 5.58. The molecule has 1 amide bonds. The van der Waals surface area contributed by atoms with E-state index in [9.17, 15) is 9.90 Å². The van der Waals surface area contributed by atoms with Gasteiger partial charge in [0.25, 0.3) is 0 Å². The summed E-state index contributed by atoms with van der Waals surface area (Å²) in [5, 5.41) is 18.3. The van der Waals surface area contributed by atoms with Gasteiger partial charge >= 0.3 is 6.09 Å². The second-order valence-corrected chi connectivity index (χ2v) is 7.93. The minimum Gasteiger partial charge on any atom is -0.465 e. The highest BCUT2D eigenvalue weighted by molar-refractivity contribution is 5.65. The Kier molecular flexibility index (Phi) is 6.86. The fourth-order valence-electron chi connectivity index (χ4n) is 3.69. The van der Waals surface area contributed by atoms with Crippen molar-refractivity contribution in [3.05, 3.63) is 0 Å². The molecule has 2 bridgehead atoms. The van der Waals surface area contributed by atoms with Crippen molar-refractivity contribution < 1.29 is 19.7 Å². The predicted molar refractivity (Wildman–Crippen MR) is 92.3 cm³/mol. The van der Waals surface area contributed by atoms with E-state index in [0.717, 1.165) is 52.1 Å². The molecule has 0 aromatic carbocycles. The van der Waals surface area contributed by atoms with Crippen molar-refractivity contribution in [1.29, 1.82) is 0 Å². The van der Waals surface area contributed by atoms with E-state index in [-0.39, 0.29) is 24.4 Å². The number of carbonyl (C=O) groups is 1. The van der Waals surface area contributed by atoms with Crippen LogP contribution in [0.3, 0.4) is 0 Å². The Morgan fingerprint density at radius 3 is 2.00 bits per heavy atom. The Hall–Kier alpha value is -0.890. The highest BCUT2D eigenvalue weighted by Crippen LogP contribution is 2.20. The van der Waals surface area contributed by atoms with Crippen LogP contribution in [-0.2, 0) is 4.74 Å². The molecule has 7 heteroatoms. The first-order valence-electron chi connectivity index (χ1n) is 9.01. The van der Waals surface area contributed by atoms with Crippen LogP contribution in [0, 0.1) is 0 Å². The van der Waals surface area contributed by atoms with Crippen LogP contribution >= 0.6 is 0 Å². The van der Waals surface area contributed by atoms with Crippen molar-refractivity contribution in [1.82, 2.24) is 14.7 Å². The van der Waals surface area contributed by atoms with Gasteiger partial charge in [0.1, 0.15) is 0 Å². The highest BCUT2D eigenvalue weighted by Gasteiger charge is 2.34. The average molecular weight is 343 g/mol. The summed E-state index contributed by atoms with van der Waals surface area (Å²) in [4.78, 5) is 17.7. The molecule has 0 aliphatic carbocycles. The topological polar surface area (TPSA) is 76.5 Å². The molecule has 2 aliphatic rings. The largest absolute Gasteiger partial charge is 0.465 e. The number of aliphatic hydroxyl groups excluding tert-OH is 1. The molecule has 0 radical (unpaired) electrons. The monoisotopic (exact) mass is 343 g/mol. The summed E-state index contributed by atoms with van der Waals surface area (Å²) >= 11 is 0. The molecule has 140 valence electrons. The van der Waals surface area contributed by atoms with Gasteiger partial charge in [-0.15, -0.1) is 0 Å². The van der Waals surface area contributed by atoms with Gasteiger partial charge in [-0.25, -0.2) is 4.79 Å². The number of amides is 1. The van der Waals surface area contributed by atoms with Crippen LogP contribution in [0.4, 0.5) is 4.79 Å². The number of rotatable bonds is 7. The maximum atomic E-state index is 11.4. The van der Waals surface area contributed by atoms with Crippen molar-refractivity contribution in [3.63, 3.8) is 0 Å². The molecule has 2 atom stereocenters. The number of nitrogens with zero attached hydrogens (tertiary/aromatic N) is 3. The van der Waals surface area contributed by atoms with Gasteiger partial charge in [0.2, 0.25) is 0 Å². The molecule has 0 saturated carbocycles. The van der Waals surface area contributed by atoms with E-state index >= 15 is 0 Å². The third-order valence-corrected chi connectivity index (χ3v) is 4.76. The van der Waals surface area contributed by atoms with Gasteiger partial charge in [0.15, 0.2) is 0 Å². The Labute approximate surface area is 145 Å². The smallest absolute Gasteiger partial charge is 0.407 e. The van der Waals surface area contributed by atoms with Crippen molar-refractivity contribution in [2.45, 2.75) is 51.4 Å². The summed E-state index contributed by atoms with van der Waals surface area (Å²) in [6.45, 7) is 12.1. The van der Waals surface area contributed by atoms with Crippen molar-refractivity contribution in [3.8, 4) is 0 Å². The standard InChI is InChI=1S/C17H33N3O4/c1-17(2,3)20(16(22)23)8-4-6-18-10-14-12-19(7-5-9-21)13-15(11-18)24-14/h14-15,21H,4-13H2,1-3H3,(H,22,23). The van der Waals surface area contributed by atoms with Gasteiger partial charge < -0.3 is 19.8 Å². The number of ether oxygens (including phenoxy) is 1. The number of fused-ring (bicyclic) bond motifs is 2. The molecule has 7 nitrogen and oxygen atoms in total. The molecule has 0 spiro atoms. The zero-order valence-electron chi connectivity index (χ0n) is 15.3. The van der Waals surface area contributed by atoms with E-state index in [4.69, 9.17) is 9.84 Å². The Balaban J connectivity index is 1.75. The van der Waals surface area contributed by atoms with Crippen LogP contribution in [0.2, 0.25) is 0 Å². The molecule has 0 aromatic rings. The first kappa shape index (κ1) is 19.4. The summed E-state index contributed by atoms with van der Waals surface area (Å²) < 4.78 is 6.03. The molecule has 2 N–H and O–H groups in total. The maximum Gasteiger partial charge on any atom is 0.407 e. The van der Waals surface area contributed by atoms with Crippen molar-refractivity contribution >= 4 is 6.09 Å². The first-order chi connectivity index (χ1) is 11.3. The Morgan fingerprint density at radius 2 is 1.58 bits per heavy atom. The Morgan fingerprint density at radius 1 is 1.08 bits per heavy atom. The molecule has 2 rings (SSSR count). The molecule has 2 saturated heterocycles. The van der Waals surface area contributed by atoms with Crippen molar-refractivity contribution in [2.24, 2.45) is 0 Å². The van der Waals surface area contributed by atoms with Crippen molar-refractivity contribution in [2.75, 3.05) is 52.4 Å². The summed E-state index contributed by atoms with van der Waals surface area (Å²) in [7, 11) is 0. The SMILES string of the molecule is CC(C)(C)N(CCCN1CC2CN(CCCO)CC(C1)O2)C(=O)O. The summed E-state index contributed by atoms with van der Waals surface area (Å²) in [6, 6.07) is 0. The van der Waals surface area contributed by atoms with Crippen LogP contribution < -0.4 is 0 Å². The number of carboxylic acid groups (broad SMARTS) is 1. The zero-order chi connectivity index (χ0) is 17.7. The van der Waals surface area contributed by atoms with Crippen LogP contribution in [0.5, 0.6) is 0 Å². The van der Waals surface area contributed by atoms with Crippen LogP contribution in [0.15, 0.2) is 0 Å². The number of hydrogen-bond donors (Lipinski definition) is 2. The maximum absolute atomic E-state index is 11.4. The molecule has 2 aliphatic heterocycles. The molecule has 24 heavy (non-hydrogen) atoms. The lowest BCUT2D eigenvalue weighted by molar-refractivity contribution is -0.139. The number of hydrogen-bond acceptors (Lipinski definition) is 5. The van der Waals surface area contributed by atoms with E-state index in [2.05, 4.69) is 9.80 Å². The van der Waals surface area contributed by atoms with Gasteiger partial charge in [0.05, 0.1) is 12.2 Å². The lowest BCUT2D eigenvalue weighted by Gasteiger charge is -2.46. The van der Waals surface area contributed by atoms with E-state index in [0.29, 0.717) is 6.54 Å². The highest BCUT2D eigenvalue weighted by atomic mass is 16.5. The van der Waals surface area contributed by atoms with Gasteiger partial charge in [0, 0.05) is 58.0 Å². The summed E-state index contributed by atoms with van der Waals surface area (Å²) in [5.41, 5.74) is -0.361. The number of aliphatic hydroxyl groups is 1. The van der Waals surface area contributed by atoms with E-state index < -0.39 is 6.09 Å². The Bertz CT molecular complexity index is 399. The summed E-state index contributed by atoms with van der Waals surface area (Å²) in [6.07, 6.45) is 1.28. The number of morpholine rings is 2. The third-order valence-electron chi connectivity index (χ3n) is 4.76. The van der Waals surface area contributed by atoms with Gasteiger partial charge in [-0.1, -0.05) is 0 Å².